The fraction of sp³-hybridized carbons (Fsp3) is 0.0588. The second-order valence-electron chi connectivity index (χ2n) is 4.90. The van der Waals surface area contributed by atoms with Crippen LogP contribution in [0.2, 0.25) is 5.02 Å². The Kier molecular flexibility index (Phi) is 4.67. The number of rotatable bonds is 3. The third-order valence-corrected chi connectivity index (χ3v) is 3.48. The molecule has 0 aromatic heterocycles. The van der Waals surface area contributed by atoms with E-state index in [1.54, 1.807) is 48.5 Å². The van der Waals surface area contributed by atoms with Crippen LogP contribution in [0.4, 0.5) is 0 Å². The van der Waals surface area contributed by atoms with Crippen molar-refractivity contribution in [2.45, 2.75) is 0 Å². The Morgan fingerprint density at radius 3 is 2.54 bits per heavy atom. The van der Waals surface area contributed by atoms with Crippen molar-refractivity contribution >= 4 is 29.5 Å². The van der Waals surface area contributed by atoms with Crippen LogP contribution in [0.25, 0.3) is 6.08 Å². The highest BCUT2D eigenvalue weighted by Crippen LogP contribution is 2.32. The first kappa shape index (κ1) is 15.9. The van der Waals surface area contributed by atoms with E-state index in [-0.39, 0.29) is 6.79 Å². The van der Waals surface area contributed by atoms with E-state index in [0.29, 0.717) is 22.1 Å². The smallest absolute Gasteiger partial charge is 0.269 e. The third-order valence-electron chi connectivity index (χ3n) is 3.23. The van der Waals surface area contributed by atoms with Gasteiger partial charge in [0.1, 0.15) is 0 Å². The molecule has 0 unspecified atom stereocenters. The van der Waals surface area contributed by atoms with E-state index in [4.69, 9.17) is 21.1 Å². The van der Waals surface area contributed by atoms with Gasteiger partial charge >= 0.3 is 0 Å². The molecular formula is C17H13ClN2O4. The zero-order valence-corrected chi connectivity index (χ0v) is 13.2. The highest BCUT2D eigenvalue weighted by Gasteiger charge is 2.12. The molecular weight excluding hydrogens is 332 g/mol. The van der Waals surface area contributed by atoms with Gasteiger partial charge in [0, 0.05) is 16.7 Å². The van der Waals surface area contributed by atoms with Gasteiger partial charge in [-0.05, 0) is 48.0 Å². The largest absolute Gasteiger partial charge is 0.454 e. The van der Waals surface area contributed by atoms with Crippen LogP contribution in [0.15, 0.2) is 48.5 Å². The summed E-state index contributed by atoms with van der Waals surface area (Å²) in [6.45, 7) is 0.194. The first-order valence-electron chi connectivity index (χ1n) is 7.05. The molecule has 2 N–H and O–H groups in total. The van der Waals surface area contributed by atoms with Crippen molar-refractivity contribution in [2.24, 2.45) is 0 Å². The quantitative estimate of drug-likeness (QED) is 0.662. The van der Waals surface area contributed by atoms with Gasteiger partial charge in [0.05, 0.1) is 0 Å². The van der Waals surface area contributed by atoms with E-state index in [0.717, 1.165) is 5.56 Å². The van der Waals surface area contributed by atoms with E-state index in [1.807, 2.05) is 0 Å². The molecule has 122 valence electrons. The highest BCUT2D eigenvalue weighted by atomic mass is 35.5. The lowest BCUT2D eigenvalue weighted by Gasteiger charge is -2.05. The third kappa shape index (κ3) is 3.85. The Labute approximate surface area is 143 Å². The van der Waals surface area contributed by atoms with Crippen molar-refractivity contribution in [1.82, 2.24) is 10.9 Å². The molecule has 0 saturated heterocycles. The predicted molar refractivity (Wildman–Crippen MR) is 88.7 cm³/mol. The van der Waals surface area contributed by atoms with E-state index >= 15 is 0 Å². The monoisotopic (exact) mass is 344 g/mol. The second kappa shape index (κ2) is 7.06. The number of carbonyl (C=O) groups is 2. The Bertz CT molecular complexity index is 803. The molecule has 2 amide bonds. The average molecular weight is 345 g/mol. The number of hydrogen-bond donors (Lipinski definition) is 2. The van der Waals surface area contributed by atoms with E-state index in [2.05, 4.69) is 10.9 Å². The van der Waals surface area contributed by atoms with Gasteiger partial charge in [-0.2, -0.15) is 0 Å². The van der Waals surface area contributed by atoms with Gasteiger partial charge in [0.25, 0.3) is 11.8 Å². The molecule has 0 atom stereocenters. The van der Waals surface area contributed by atoms with E-state index < -0.39 is 11.8 Å². The number of amides is 2. The number of hydrazine groups is 1. The van der Waals surface area contributed by atoms with Gasteiger partial charge < -0.3 is 9.47 Å². The number of benzene rings is 2. The Morgan fingerprint density at radius 2 is 1.75 bits per heavy atom. The average Bonchev–Trinajstić information content (AvgIpc) is 3.06. The van der Waals surface area contributed by atoms with E-state index in [9.17, 15) is 9.59 Å². The van der Waals surface area contributed by atoms with Crippen molar-refractivity contribution in [1.29, 1.82) is 0 Å². The topological polar surface area (TPSA) is 76.7 Å². The fourth-order valence-electron chi connectivity index (χ4n) is 2.02. The van der Waals surface area contributed by atoms with Crippen LogP contribution in [-0.2, 0) is 4.79 Å². The van der Waals surface area contributed by atoms with Gasteiger partial charge in [-0.15, -0.1) is 0 Å². The maximum atomic E-state index is 11.8. The van der Waals surface area contributed by atoms with Crippen LogP contribution in [0.5, 0.6) is 11.5 Å². The van der Waals surface area contributed by atoms with Crippen molar-refractivity contribution < 1.29 is 19.1 Å². The molecule has 3 rings (SSSR count). The standard InChI is InChI=1S/C17H13ClN2O4/c18-13-5-3-12(4-6-13)17(22)20-19-16(21)8-2-11-1-7-14-15(9-11)24-10-23-14/h1-9H,10H2,(H,19,21)(H,20,22)/b8-2+. The maximum Gasteiger partial charge on any atom is 0.269 e. The molecule has 0 bridgehead atoms. The van der Waals surface area contributed by atoms with Gasteiger partial charge in [-0.1, -0.05) is 17.7 Å². The molecule has 0 saturated carbocycles. The SMILES string of the molecule is O=C(/C=C/c1ccc2c(c1)OCO2)NNC(=O)c1ccc(Cl)cc1. The van der Waals surface area contributed by atoms with Crippen LogP contribution in [0, 0.1) is 0 Å². The maximum absolute atomic E-state index is 11.8. The summed E-state index contributed by atoms with van der Waals surface area (Å²) >= 11 is 5.75. The molecule has 24 heavy (non-hydrogen) atoms. The zero-order valence-electron chi connectivity index (χ0n) is 12.4. The minimum Gasteiger partial charge on any atom is -0.454 e. The highest BCUT2D eigenvalue weighted by molar-refractivity contribution is 6.30. The van der Waals surface area contributed by atoms with Crippen LogP contribution in [0.1, 0.15) is 15.9 Å². The summed E-state index contributed by atoms with van der Waals surface area (Å²) in [5.41, 5.74) is 5.79. The van der Waals surface area contributed by atoms with Crippen molar-refractivity contribution in [3.63, 3.8) is 0 Å². The van der Waals surface area contributed by atoms with Crippen molar-refractivity contribution in [3.05, 3.63) is 64.7 Å². The summed E-state index contributed by atoms with van der Waals surface area (Å²) in [5, 5.41) is 0.530. The number of halogens is 1. The Balaban J connectivity index is 1.53. The lowest BCUT2D eigenvalue weighted by atomic mass is 10.2. The molecule has 1 aliphatic heterocycles. The van der Waals surface area contributed by atoms with Gasteiger partial charge in [-0.3, -0.25) is 20.4 Å². The summed E-state index contributed by atoms with van der Waals surface area (Å²) in [4.78, 5) is 23.6. The number of nitrogens with one attached hydrogen (secondary N) is 2. The van der Waals surface area contributed by atoms with Gasteiger partial charge in [-0.25, -0.2) is 0 Å². The van der Waals surface area contributed by atoms with Crippen molar-refractivity contribution in [3.8, 4) is 11.5 Å². The summed E-state index contributed by atoms with van der Waals surface area (Å²) in [6.07, 6.45) is 2.91. The summed E-state index contributed by atoms with van der Waals surface area (Å²) in [7, 11) is 0. The minimum atomic E-state index is -0.463. The molecule has 1 heterocycles. The zero-order chi connectivity index (χ0) is 16.9. The number of fused-ring (bicyclic) bond motifs is 1. The number of hydrogen-bond acceptors (Lipinski definition) is 4. The van der Waals surface area contributed by atoms with Crippen LogP contribution in [-0.4, -0.2) is 18.6 Å². The van der Waals surface area contributed by atoms with E-state index in [1.165, 1.54) is 6.08 Å². The molecule has 0 fully saturated rings. The number of ether oxygens (including phenoxy) is 2. The first-order chi connectivity index (χ1) is 11.6. The fourth-order valence-corrected chi connectivity index (χ4v) is 2.15. The Hall–Kier alpha value is -2.99. The summed E-state index contributed by atoms with van der Waals surface area (Å²) < 4.78 is 10.5. The van der Waals surface area contributed by atoms with Crippen molar-refractivity contribution in [2.75, 3.05) is 6.79 Å². The molecule has 0 radical (unpaired) electrons. The van der Waals surface area contributed by atoms with Crippen LogP contribution < -0.4 is 20.3 Å². The Morgan fingerprint density at radius 1 is 1.00 bits per heavy atom. The summed E-state index contributed by atoms with van der Waals surface area (Å²) in [6, 6.07) is 11.6. The summed E-state index contributed by atoms with van der Waals surface area (Å²) in [5.74, 6) is 0.409. The minimum absolute atomic E-state index is 0.194. The second-order valence-corrected chi connectivity index (χ2v) is 5.33. The molecule has 0 aliphatic carbocycles. The van der Waals surface area contributed by atoms with Crippen LogP contribution in [0.3, 0.4) is 0 Å². The molecule has 1 aliphatic rings. The van der Waals surface area contributed by atoms with Crippen LogP contribution >= 0.6 is 11.6 Å². The first-order valence-corrected chi connectivity index (χ1v) is 7.43. The van der Waals surface area contributed by atoms with Gasteiger partial charge in [0.15, 0.2) is 11.5 Å². The predicted octanol–water partition coefficient (Wildman–Crippen LogP) is 2.54. The lowest BCUT2D eigenvalue weighted by Crippen LogP contribution is -2.40. The lowest BCUT2D eigenvalue weighted by molar-refractivity contribution is -0.117. The molecule has 6 nitrogen and oxygen atoms in total. The molecule has 2 aromatic carbocycles. The molecule has 2 aromatic rings. The number of carbonyl (C=O) groups excluding carboxylic acids is 2. The van der Waals surface area contributed by atoms with Gasteiger partial charge in [0.2, 0.25) is 6.79 Å². The normalized spacial score (nSPS) is 12.2. The molecule has 7 heteroatoms. The molecule has 0 spiro atoms.